The smallest absolute Gasteiger partial charge is 0.183 e. The van der Waals surface area contributed by atoms with E-state index in [2.05, 4.69) is 0 Å². The van der Waals surface area contributed by atoms with E-state index in [9.17, 15) is 8.42 Å². The first-order valence-corrected chi connectivity index (χ1v) is 8.80. The maximum absolute atomic E-state index is 12.9. The molecule has 1 aliphatic rings. The van der Waals surface area contributed by atoms with E-state index in [1.54, 1.807) is 30.3 Å². The molecule has 1 fully saturated rings. The third kappa shape index (κ3) is 2.26. The van der Waals surface area contributed by atoms with Gasteiger partial charge in [0.15, 0.2) is 9.84 Å². The molecule has 5 heteroatoms. The van der Waals surface area contributed by atoms with Gasteiger partial charge in [0.2, 0.25) is 0 Å². The minimum absolute atomic E-state index is 0.141. The second kappa shape index (κ2) is 5.19. The van der Waals surface area contributed by atoms with E-state index >= 15 is 0 Å². The molecular formula is C17H20N2O2S. The van der Waals surface area contributed by atoms with Gasteiger partial charge >= 0.3 is 0 Å². The van der Waals surface area contributed by atoms with E-state index < -0.39 is 20.6 Å². The lowest BCUT2D eigenvalue weighted by Crippen LogP contribution is -2.39. The Bertz CT molecular complexity index is 772. The van der Waals surface area contributed by atoms with Gasteiger partial charge in [-0.3, -0.25) is 0 Å². The Morgan fingerprint density at radius 3 is 2.18 bits per heavy atom. The van der Waals surface area contributed by atoms with Crippen molar-refractivity contribution < 1.29 is 8.42 Å². The number of hydrogen-bond acceptors (Lipinski definition) is 4. The second-order valence-corrected chi connectivity index (χ2v) is 8.05. The Morgan fingerprint density at radius 2 is 1.64 bits per heavy atom. The molecule has 3 atom stereocenters. The third-order valence-electron chi connectivity index (χ3n) is 4.50. The van der Waals surface area contributed by atoms with Crippen molar-refractivity contribution in [2.24, 2.45) is 11.5 Å². The SMILES string of the molecule is Cc1ccc([C@H]2[C@@H](S(=O)(=O)c3ccccc3)[C@@]2(N)CN)cc1. The highest BCUT2D eigenvalue weighted by molar-refractivity contribution is 7.92. The molecule has 0 unspecified atom stereocenters. The van der Waals surface area contributed by atoms with Crippen molar-refractivity contribution in [1.82, 2.24) is 0 Å². The van der Waals surface area contributed by atoms with Crippen molar-refractivity contribution in [3.05, 3.63) is 65.7 Å². The van der Waals surface area contributed by atoms with Crippen LogP contribution in [0.2, 0.25) is 0 Å². The van der Waals surface area contributed by atoms with Gasteiger partial charge in [0.25, 0.3) is 0 Å². The van der Waals surface area contributed by atoms with E-state index in [0.29, 0.717) is 4.90 Å². The van der Waals surface area contributed by atoms with Crippen LogP contribution >= 0.6 is 0 Å². The lowest BCUT2D eigenvalue weighted by atomic mass is 10.1. The summed E-state index contributed by atoms with van der Waals surface area (Å²) in [6.07, 6.45) is 0. The highest BCUT2D eigenvalue weighted by atomic mass is 32.2. The molecule has 4 N–H and O–H groups in total. The maximum Gasteiger partial charge on any atom is 0.183 e. The molecule has 1 saturated carbocycles. The van der Waals surface area contributed by atoms with Crippen molar-refractivity contribution in [2.75, 3.05) is 6.54 Å². The first-order valence-electron chi connectivity index (χ1n) is 7.26. The fraction of sp³-hybridized carbons (Fsp3) is 0.294. The first kappa shape index (κ1) is 15.2. The molecule has 0 bridgehead atoms. The van der Waals surface area contributed by atoms with Crippen LogP contribution in [-0.4, -0.2) is 25.8 Å². The number of nitrogens with two attached hydrogens (primary N) is 2. The zero-order chi connectivity index (χ0) is 16.0. The highest BCUT2D eigenvalue weighted by Crippen LogP contribution is 2.55. The predicted octanol–water partition coefficient (Wildman–Crippen LogP) is 1.59. The van der Waals surface area contributed by atoms with Gasteiger partial charge in [-0.2, -0.15) is 0 Å². The number of sulfone groups is 1. The minimum Gasteiger partial charge on any atom is -0.329 e. The summed E-state index contributed by atoms with van der Waals surface area (Å²) in [5.41, 5.74) is 13.3. The Kier molecular flexibility index (Phi) is 3.59. The van der Waals surface area contributed by atoms with Gasteiger partial charge in [0.05, 0.1) is 15.7 Å². The summed E-state index contributed by atoms with van der Waals surface area (Å²) in [4.78, 5) is 0.304. The van der Waals surface area contributed by atoms with Crippen LogP contribution in [0.1, 0.15) is 17.0 Å². The summed E-state index contributed by atoms with van der Waals surface area (Å²) < 4.78 is 25.8. The topological polar surface area (TPSA) is 86.2 Å². The number of benzene rings is 2. The predicted molar refractivity (Wildman–Crippen MR) is 87.3 cm³/mol. The van der Waals surface area contributed by atoms with Crippen LogP contribution in [0.4, 0.5) is 0 Å². The molecule has 0 amide bonds. The molecule has 0 aromatic heterocycles. The van der Waals surface area contributed by atoms with Gasteiger partial charge in [0.1, 0.15) is 0 Å². The molecule has 1 aliphatic carbocycles. The molecule has 0 aliphatic heterocycles. The van der Waals surface area contributed by atoms with Gasteiger partial charge in [-0.1, -0.05) is 48.0 Å². The van der Waals surface area contributed by atoms with E-state index in [-0.39, 0.29) is 12.5 Å². The van der Waals surface area contributed by atoms with Gasteiger partial charge in [-0.15, -0.1) is 0 Å². The quantitative estimate of drug-likeness (QED) is 0.897. The summed E-state index contributed by atoms with van der Waals surface area (Å²) in [6, 6.07) is 16.3. The van der Waals surface area contributed by atoms with Crippen LogP contribution in [0.5, 0.6) is 0 Å². The van der Waals surface area contributed by atoms with Crippen LogP contribution < -0.4 is 11.5 Å². The fourth-order valence-corrected chi connectivity index (χ4v) is 5.49. The normalized spacial score (nSPS) is 27.6. The van der Waals surface area contributed by atoms with Crippen LogP contribution in [0, 0.1) is 6.92 Å². The van der Waals surface area contributed by atoms with Crippen molar-refractivity contribution in [3.8, 4) is 0 Å². The Morgan fingerprint density at radius 1 is 1.05 bits per heavy atom. The monoisotopic (exact) mass is 316 g/mol. The van der Waals surface area contributed by atoms with Crippen molar-refractivity contribution in [3.63, 3.8) is 0 Å². The number of hydrogen-bond donors (Lipinski definition) is 2. The maximum atomic E-state index is 12.9. The molecule has 116 valence electrons. The first-order chi connectivity index (χ1) is 10.4. The Labute approximate surface area is 131 Å². The molecule has 0 saturated heterocycles. The summed E-state index contributed by atoms with van der Waals surface area (Å²) in [6.45, 7) is 2.13. The molecule has 0 spiro atoms. The molecule has 22 heavy (non-hydrogen) atoms. The minimum atomic E-state index is -3.50. The molecule has 0 radical (unpaired) electrons. The highest BCUT2D eigenvalue weighted by Gasteiger charge is 2.68. The van der Waals surface area contributed by atoms with Crippen molar-refractivity contribution in [2.45, 2.75) is 28.5 Å². The summed E-state index contributed by atoms with van der Waals surface area (Å²) >= 11 is 0. The van der Waals surface area contributed by atoms with Gasteiger partial charge in [-0.05, 0) is 24.6 Å². The summed E-state index contributed by atoms with van der Waals surface area (Å²) in [7, 11) is -3.50. The Hall–Kier alpha value is -1.69. The Balaban J connectivity index is 2.02. The van der Waals surface area contributed by atoms with E-state index in [1.165, 1.54) is 0 Å². The average Bonchev–Trinajstić information content (AvgIpc) is 3.17. The molecular weight excluding hydrogens is 296 g/mol. The zero-order valence-electron chi connectivity index (χ0n) is 12.4. The second-order valence-electron chi connectivity index (χ2n) is 5.98. The molecule has 0 heterocycles. The van der Waals surface area contributed by atoms with Crippen LogP contribution in [0.3, 0.4) is 0 Å². The van der Waals surface area contributed by atoms with Crippen LogP contribution in [0.15, 0.2) is 59.5 Å². The van der Waals surface area contributed by atoms with Crippen LogP contribution in [-0.2, 0) is 9.84 Å². The van der Waals surface area contributed by atoms with Gasteiger partial charge in [-0.25, -0.2) is 8.42 Å². The van der Waals surface area contributed by atoms with E-state index in [0.717, 1.165) is 11.1 Å². The van der Waals surface area contributed by atoms with Gasteiger partial charge in [0, 0.05) is 12.5 Å². The average molecular weight is 316 g/mol. The van der Waals surface area contributed by atoms with Crippen molar-refractivity contribution >= 4 is 9.84 Å². The van der Waals surface area contributed by atoms with Gasteiger partial charge < -0.3 is 11.5 Å². The molecule has 4 nitrogen and oxygen atoms in total. The molecule has 2 aromatic rings. The lowest BCUT2D eigenvalue weighted by molar-refractivity contribution is 0.586. The number of rotatable bonds is 4. The zero-order valence-corrected chi connectivity index (χ0v) is 13.3. The van der Waals surface area contributed by atoms with E-state index in [4.69, 9.17) is 11.5 Å². The van der Waals surface area contributed by atoms with E-state index in [1.807, 2.05) is 31.2 Å². The molecule has 3 rings (SSSR count). The standard InChI is InChI=1S/C17H20N2O2S/c1-12-7-9-13(10-8-12)15-16(17(15,19)11-18)22(20,21)14-5-3-2-4-6-14/h2-10,15-16H,11,18-19H2,1H3/t15-,16+,17+/m0/s1. The lowest BCUT2D eigenvalue weighted by Gasteiger charge is -2.09. The fourth-order valence-electron chi connectivity index (χ4n) is 3.15. The largest absolute Gasteiger partial charge is 0.329 e. The summed E-state index contributed by atoms with van der Waals surface area (Å²) in [5, 5.41) is -0.671. The molecule has 2 aromatic carbocycles. The van der Waals surface area contributed by atoms with Crippen molar-refractivity contribution in [1.29, 1.82) is 0 Å². The van der Waals surface area contributed by atoms with Crippen LogP contribution in [0.25, 0.3) is 0 Å². The summed E-state index contributed by atoms with van der Waals surface area (Å²) in [5.74, 6) is -0.261. The number of aryl methyl sites for hydroxylation is 1. The third-order valence-corrected chi connectivity index (χ3v) is 6.81.